The molecule has 0 bridgehead atoms. The maximum Gasteiger partial charge on any atom is 0.244 e. The Morgan fingerprint density at radius 1 is 1.07 bits per heavy atom. The third-order valence-electron chi connectivity index (χ3n) is 5.00. The molecule has 28 heavy (non-hydrogen) atoms. The van der Waals surface area contributed by atoms with Gasteiger partial charge in [0.25, 0.3) is 0 Å². The van der Waals surface area contributed by atoms with Gasteiger partial charge in [-0.1, -0.05) is 37.3 Å². The molecule has 2 rings (SSSR count). The van der Waals surface area contributed by atoms with Crippen molar-refractivity contribution in [2.45, 2.75) is 53.1 Å². The molecule has 1 N–H and O–H groups in total. The van der Waals surface area contributed by atoms with Gasteiger partial charge in [-0.15, -0.1) is 0 Å². The monoisotopic (exact) mass is 402 g/mol. The normalized spacial score (nSPS) is 13.6. The van der Waals surface area contributed by atoms with Crippen molar-refractivity contribution in [1.29, 1.82) is 0 Å². The van der Waals surface area contributed by atoms with E-state index in [9.17, 15) is 13.2 Å². The highest BCUT2D eigenvalue weighted by molar-refractivity contribution is 7.92. The highest BCUT2D eigenvalue weighted by Crippen LogP contribution is 2.24. The molecule has 0 heterocycles. The topological polar surface area (TPSA) is 66.5 Å². The fourth-order valence-electron chi connectivity index (χ4n) is 3.27. The smallest absolute Gasteiger partial charge is 0.244 e. The minimum absolute atomic E-state index is 0.173. The number of amides is 1. The number of sulfonamides is 1. The van der Waals surface area contributed by atoms with E-state index in [-0.39, 0.29) is 11.9 Å². The van der Waals surface area contributed by atoms with Crippen molar-refractivity contribution >= 4 is 21.6 Å². The van der Waals surface area contributed by atoms with E-state index in [1.807, 2.05) is 45.9 Å². The second kappa shape index (κ2) is 8.78. The van der Waals surface area contributed by atoms with Crippen LogP contribution in [0.15, 0.2) is 42.5 Å². The fourth-order valence-corrected chi connectivity index (χ4v) is 4.44. The van der Waals surface area contributed by atoms with Gasteiger partial charge >= 0.3 is 0 Å². The summed E-state index contributed by atoms with van der Waals surface area (Å²) < 4.78 is 26.1. The zero-order chi connectivity index (χ0) is 21.1. The number of carbonyl (C=O) groups is 1. The molecule has 0 fully saturated rings. The van der Waals surface area contributed by atoms with Gasteiger partial charge in [0, 0.05) is 0 Å². The van der Waals surface area contributed by atoms with Crippen LogP contribution in [0.4, 0.5) is 5.69 Å². The molecule has 0 saturated heterocycles. The molecule has 6 heteroatoms. The highest BCUT2D eigenvalue weighted by atomic mass is 32.2. The van der Waals surface area contributed by atoms with Gasteiger partial charge in [0.1, 0.15) is 6.04 Å². The van der Waals surface area contributed by atoms with Crippen LogP contribution < -0.4 is 9.62 Å². The van der Waals surface area contributed by atoms with Crippen molar-refractivity contribution in [1.82, 2.24) is 5.32 Å². The number of carbonyl (C=O) groups excluding carboxylic acids is 1. The molecule has 0 aliphatic heterocycles. The van der Waals surface area contributed by atoms with Gasteiger partial charge in [0.05, 0.1) is 18.0 Å². The molecule has 0 aromatic heterocycles. The van der Waals surface area contributed by atoms with Crippen LogP contribution in [0.5, 0.6) is 0 Å². The first kappa shape index (κ1) is 22.0. The molecule has 152 valence electrons. The number of nitrogens with zero attached hydrogens (tertiary/aromatic N) is 1. The molecule has 0 aliphatic rings. The quantitative estimate of drug-likeness (QED) is 0.760. The van der Waals surface area contributed by atoms with E-state index in [0.29, 0.717) is 12.1 Å². The first-order valence-corrected chi connectivity index (χ1v) is 11.3. The predicted octanol–water partition coefficient (Wildman–Crippen LogP) is 4.03. The van der Waals surface area contributed by atoms with Crippen LogP contribution in [0.25, 0.3) is 0 Å². The number of anilines is 1. The Morgan fingerprint density at radius 3 is 2.29 bits per heavy atom. The summed E-state index contributed by atoms with van der Waals surface area (Å²) in [6.07, 6.45) is 1.84. The molecular weight excluding hydrogens is 372 g/mol. The lowest BCUT2D eigenvalue weighted by Gasteiger charge is -2.30. The highest BCUT2D eigenvalue weighted by Gasteiger charge is 2.30. The SMILES string of the molecule is CC[C@H](NC(=O)[C@@H](C)N(c1cccc(C)c1)S(C)(=O)=O)c1ccc(C)c(C)c1. The van der Waals surface area contributed by atoms with Crippen molar-refractivity contribution in [3.8, 4) is 0 Å². The largest absolute Gasteiger partial charge is 0.347 e. The zero-order valence-electron chi connectivity index (χ0n) is 17.5. The van der Waals surface area contributed by atoms with Gasteiger partial charge < -0.3 is 5.32 Å². The van der Waals surface area contributed by atoms with Crippen LogP contribution in [-0.4, -0.2) is 26.6 Å². The Kier molecular flexibility index (Phi) is 6.88. The summed E-state index contributed by atoms with van der Waals surface area (Å²) in [4.78, 5) is 13.0. The molecular formula is C22H30N2O3S. The molecule has 0 spiro atoms. The van der Waals surface area contributed by atoms with Crippen molar-refractivity contribution in [3.63, 3.8) is 0 Å². The minimum Gasteiger partial charge on any atom is -0.347 e. The lowest BCUT2D eigenvalue weighted by molar-refractivity contribution is -0.122. The van der Waals surface area contributed by atoms with Crippen molar-refractivity contribution in [2.24, 2.45) is 0 Å². The number of nitrogens with one attached hydrogen (secondary N) is 1. The van der Waals surface area contributed by atoms with Gasteiger partial charge in [-0.3, -0.25) is 9.10 Å². The van der Waals surface area contributed by atoms with Gasteiger partial charge in [-0.2, -0.15) is 0 Å². The first-order chi connectivity index (χ1) is 13.0. The van der Waals surface area contributed by atoms with Gasteiger partial charge in [-0.25, -0.2) is 8.42 Å². The van der Waals surface area contributed by atoms with E-state index in [0.717, 1.165) is 22.9 Å². The summed E-state index contributed by atoms with van der Waals surface area (Å²) in [7, 11) is -3.63. The van der Waals surface area contributed by atoms with Crippen molar-refractivity contribution < 1.29 is 13.2 Å². The maximum atomic E-state index is 13.0. The summed E-state index contributed by atoms with van der Waals surface area (Å²) >= 11 is 0. The third kappa shape index (κ3) is 5.13. The average Bonchev–Trinajstić information content (AvgIpc) is 2.60. The molecule has 1 amide bonds. The lowest BCUT2D eigenvalue weighted by atomic mass is 9.99. The number of rotatable bonds is 7. The number of hydrogen-bond donors (Lipinski definition) is 1. The van der Waals surface area contributed by atoms with E-state index in [1.54, 1.807) is 25.1 Å². The zero-order valence-corrected chi connectivity index (χ0v) is 18.3. The molecule has 0 unspecified atom stereocenters. The van der Waals surface area contributed by atoms with Crippen molar-refractivity contribution in [3.05, 3.63) is 64.7 Å². The number of aryl methyl sites for hydroxylation is 3. The average molecular weight is 403 g/mol. The molecule has 2 aromatic carbocycles. The van der Waals surface area contributed by atoms with E-state index in [4.69, 9.17) is 0 Å². The van der Waals surface area contributed by atoms with Gasteiger partial charge in [0.2, 0.25) is 15.9 Å². The second-order valence-electron chi connectivity index (χ2n) is 7.39. The van der Waals surface area contributed by atoms with Gasteiger partial charge in [0.15, 0.2) is 0 Å². The van der Waals surface area contributed by atoms with Crippen LogP contribution in [0.1, 0.15) is 48.6 Å². The summed E-state index contributed by atoms with van der Waals surface area (Å²) in [5, 5.41) is 3.02. The van der Waals surface area contributed by atoms with E-state index < -0.39 is 16.1 Å². The van der Waals surface area contributed by atoms with E-state index >= 15 is 0 Å². The fraction of sp³-hybridized carbons (Fsp3) is 0.409. The Balaban J connectivity index is 2.30. The molecule has 2 atom stereocenters. The summed E-state index contributed by atoms with van der Waals surface area (Å²) in [6, 6.07) is 12.2. The van der Waals surface area contributed by atoms with Crippen LogP contribution in [0.2, 0.25) is 0 Å². The first-order valence-electron chi connectivity index (χ1n) is 9.48. The Morgan fingerprint density at radius 2 is 1.75 bits per heavy atom. The molecule has 0 radical (unpaired) electrons. The molecule has 2 aromatic rings. The molecule has 0 aliphatic carbocycles. The predicted molar refractivity (Wildman–Crippen MR) is 115 cm³/mol. The lowest BCUT2D eigenvalue weighted by Crippen LogP contribution is -2.48. The molecule has 0 saturated carbocycles. The standard InChI is InChI=1S/C22H30N2O3S/c1-7-21(19-12-11-16(3)17(4)14-19)23-22(25)18(5)24(28(6,26)27)20-10-8-9-15(2)13-20/h8-14,18,21H,7H2,1-6H3,(H,23,25)/t18-,21+/m1/s1. The Labute approximate surface area is 168 Å². The van der Waals surface area contributed by atoms with Crippen LogP contribution in [-0.2, 0) is 14.8 Å². The van der Waals surface area contributed by atoms with Crippen LogP contribution >= 0.6 is 0 Å². The van der Waals surface area contributed by atoms with Gasteiger partial charge in [-0.05, 0) is 68.5 Å². The van der Waals surface area contributed by atoms with E-state index in [2.05, 4.69) is 11.4 Å². The number of hydrogen-bond acceptors (Lipinski definition) is 3. The Bertz CT molecular complexity index is 954. The van der Waals surface area contributed by atoms with E-state index in [1.165, 1.54) is 9.87 Å². The summed E-state index contributed by atoms with van der Waals surface area (Å²) in [6.45, 7) is 9.60. The minimum atomic E-state index is -3.63. The molecule has 5 nitrogen and oxygen atoms in total. The Hall–Kier alpha value is -2.34. The van der Waals surface area contributed by atoms with Crippen molar-refractivity contribution in [2.75, 3.05) is 10.6 Å². The summed E-state index contributed by atoms with van der Waals surface area (Å²) in [5.74, 6) is -0.322. The number of benzene rings is 2. The van der Waals surface area contributed by atoms with Crippen LogP contribution in [0.3, 0.4) is 0 Å². The third-order valence-corrected chi connectivity index (χ3v) is 6.24. The maximum absolute atomic E-state index is 13.0. The second-order valence-corrected chi connectivity index (χ2v) is 9.25. The summed E-state index contributed by atoms with van der Waals surface area (Å²) in [5.41, 5.74) is 4.80. The van der Waals surface area contributed by atoms with Crippen LogP contribution in [0, 0.1) is 20.8 Å².